The van der Waals surface area contributed by atoms with Crippen molar-refractivity contribution in [1.29, 1.82) is 0 Å². The maximum Gasteiger partial charge on any atom is 0.472 e. The van der Waals surface area contributed by atoms with Crippen LogP contribution in [-0.4, -0.2) is 44.5 Å². The van der Waals surface area contributed by atoms with Crippen molar-refractivity contribution >= 4 is 7.82 Å². The molecule has 0 aromatic rings. The minimum atomic E-state index is -3.98. The summed E-state index contributed by atoms with van der Waals surface area (Å²) in [6.07, 6.45) is 6.53. The van der Waals surface area contributed by atoms with Crippen LogP contribution in [0.4, 0.5) is 0 Å². The van der Waals surface area contributed by atoms with Crippen molar-refractivity contribution < 1.29 is 28.0 Å². The summed E-state index contributed by atoms with van der Waals surface area (Å²) in [5, 5.41) is 0. The van der Waals surface area contributed by atoms with Crippen molar-refractivity contribution in [2.24, 2.45) is 0 Å². The molecule has 0 bridgehead atoms. The van der Waals surface area contributed by atoms with Crippen molar-refractivity contribution in [2.75, 3.05) is 39.6 Å². The molecule has 0 heterocycles. The Hall–Kier alpha value is 0.0300. The van der Waals surface area contributed by atoms with Crippen molar-refractivity contribution in [3.63, 3.8) is 0 Å². The smallest absolute Gasteiger partial charge is 0.379 e. The second-order valence-corrected chi connectivity index (χ2v) is 6.23. The Bertz CT molecular complexity index is 240. The number of unbranched alkanes of at least 4 members (excludes halogenated alkanes) is 4. The lowest BCUT2D eigenvalue weighted by Crippen LogP contribution is -2.08. The van der Waals surface area contributed by atoms with Gasteiger partial charge in [-0.15, -0.1) is 0 Å². The zero-order valence-electron chi connectivity index (χ0n) is 13.4. The molecule has 0 spiro atoms. The topological polar surface area (TPSA) is 74.2 Å². The lowest BCUT2D eigenvalue weighted by Gasteiger charge is -2.12. The standard InChI is InChI=1S/C14H31O6P/c1-3-5-7-9-17-11-13-19-21(15,16)20-14-12-18-10-8-6-4-2/h3-14H2,1-2H3,(H,15,16). The predicted molar refractivity (Wildman–Crippen MR) is 82.4 cm³/mol. The van der Waals surface area contributed by atoms with E-state index in [0.29, 0.717) is 26.4 Å². The van der Waals surface area contributed by atoms with Crippen LogP contribution in [0.15, 0.2) is 0 Å². The molecule has 21 heavy (non-hydrogen) atoms. The third-order valence-electron chi connectivity index (χ3n) is 2.75. The number of hydrogen-bond acceptors (Lipinski definition) is 5. The molecule has 0 radical (unpaired) electrons. The maximum atomic E-state index is 11.5. The lowest BCUT2D eigenvalue weighted by atomic mass is 10.3. The summed E-state index contributed by atoms with van der Waals surface area (Å²) < 4.78 is 31.6. The fourth-order valence-corrected chi connectivity index (χ4v) is 2.26. The number of ether oxygens (including phenoxy) is 2. The van der Waals surface area contributed by atoms with Gasteiger partial charge in [-0.25, -0.2) is 4.57 Å². The molecule has 0 aromatic carbocycles. The van der Waals surface area contributed by atoms with Gasteiger partial charge in [0.15, 0.2) is 0 Å². The van der Waals surface area contributed by atoms with Gasteiger partial charge in [-0.3, -0.25) is 9.05 Å². The third kappa shape index (κ3) is 16.2. The van der Waals surface area contributed by atoms with E-state index in [1.807, 2.05) is 0 Å². The van der Waals surface area contributed by atoms with Gasteiger partial charge in [0, 0.05) is 13.2 Å². The van der Waals surface area contributed by atoms with E-state index < -0.39 is 7.82 Å². The van der Waals surface area contributed by atoms with Crippen LogP contribution in [0, 0.1) is 0 Å². The van der Waals surface area contributed by atoms with Crippen LogP contribution in [0.1, 0.15) is 52.4 Å². The molecule has 0 fully saturated rings. The Kier molecular flexibility index (Phi) is 15.0. The molecule has 7 heteroatoms. The number of rotatable bonds is 16. The van der Waals surface area contributed by atoms with Gasteiger partial charge in [0.25, 0.3) is 0 Å². The molecule has 0 rings (SSSR count). The van der Waals surface area contributed by atoms with E-state index in [2.05, 4.69) is 13.8 Å². The first-order chi connectivity index (χ1) is 10.1. The highest BCUT2D eigenvalue weighted by atomic mass is 31.2. The number of phosphoric acid groups is 1. The first-order valence-electron chi connectivity index (χ1n) is 7.89. The Balaban J connectivity index is 3.37. The normalized spacial score (nSPS) is 12.0. The van der Waals surface area contributed by atoms with Crippen LogP contribution in [0.3, 0.4) is 0 Å². The second-order valence-electron chi connectivity index (χ2n) is 4.77. The number of phosphoric ester groups is 1. The van der Waals surface area contributed by atoms with Gasteiger partial charge in [-0.05, 0) is 12.8 Å². The summed E-state index contributed by atoms with van der Waals surface area (Å²) in [6, 6.07) is 0. The SMILES string of the molecule is CCCCCOCCOP(=O)(O)OCCOCCCCC. The van der Waals surface area contributed by atoms with Crippen LogP contribution in [0.5, 0.6) is 0 Å². The molecule has 0 unspecified atom stereocenters. The van der Waals surface area contributed by atoms with E-state index in [-0.39, 0.29) is 13.2 Å². The van der Waals surface area contributed by atoms with Gasteiger partial charge in [0.2, 0.25) is 0 Å². The highest BCUT2D eigenvalue weighted by Crippen LogP contribution is 2.42. The summed E-state index contributed by atoms with van der Waals surface area (Å²) in [5.74, 6) is 0. The molecule has 0 aliphatic heterocycles. The van der Waals surface area contributed by atoms with Gasteiger partial charge in [-0.2, -0.15) is 0 Å². The summed E-state index contributed by atoms with van der Waals surface area (Å²) in [6.45, 7) is 6.25. The highest BCUT2D eigenvalue weighted by molar-refractivity contribution is 7.47. The molecule has 6 nitrogen and oxygen atoms in total. The van der Waals surface area contributed by atoms with Crippen molar-refractivity contribution in [2.45, 2.75) is 52.4 Å². The summed E-state index contributed by atoms with van der Waals surface area (Å²) in [4.78, 5) is 9.40. The van der Waals surface area contributed by atoms with E-state index in [9.17, 15) is 9.46 Å². The molecule has 1 N–H and O–H groups in total. The van der Waals surface area contributed by atoms with Crippen molar-refractivity contribution in [1.82, 2.24) is 0 Å². The molecule has 0 aliphatic rings. The Morgan fingerprint density at radius 1 is 0.714 bits per heavy atom. The molecule has 0 saturated heterocycles. The van der Waals surface area contributed by atoms with E-state index in [1.54, 1.807) is 0 Å². The average Bonchev–Trinajstić information content (AvgIpc) is 2.45. The second kappa shape index (κ2) is 14.9. The van der Waals surface area contributed by atoms with Crippen LogP contribution < -0.4 is 0 Å². The Labute approximate surface area is 128 Å². The van der Waals surface area contributed by atoms with Gasteiger partial charge >= 0.3 is 7.82 Å². The number of hydrogen-bond donors (Lipinski definition) is 1. The Morgan fingerprint density at radius 2 is 1.14 bits per heavy atom. The van der Waals surface area contributed by atoms with Crippen LogP contribution in [0.2, 0.25) is 0 Å². The first-order valence-corrected chi connectivity index (χ1v) is 9.39. The summed E-state index contributed by atoms with van der Waals surface area (Å²) in [7, 11) is -3.98. The van der Waals surface area contributed by atoms with Gasteiger partial charge in [-0.1, -0.05) is 39.5 Å². The monoisotopic (exact) mass is 326 g/mol. The molecule has 0 saturated carbocycles. The van der Waals surface area contributed by atoms with E-state index in [1.165, 1.54) is 0 Å². The van der Waals surface area contributed by atoms with E-state index >= 15 is 0 Å². The van der Waals surface area contributed by atoms with Crippen LogP contribution in [0.25, 0.3) is 0 Å². The fraction of sp³-hybridized carbons (Fsp3) is 1.00. The van der Waals surface area contributed by atoms with Crippen molar-refractivity contribution in [3.05, 3.63) is 0 Å². The third-order valence-corrected chi connectivity index (χ3v) is 3.77. The van der Waals surface area contributed by atoms with Crippen LogP contribution >= 0.6 is 7.82 Å². The zero-order valence-corrected chi connectivity index (χ0v) is 14.3. The predicted octanol–water partition coefficient (Wildman–Crippen LogP) is 3.53. The summed E-state index contributed by atoms with van der Waals surface area (Å²) in [5.41, 5.74) is 0. The van der Waals surface area contributed by atoms with E-state index in [0.717, 1.165) is 38.5 Å². The molecular weight excluding hydrogens is 295 g/mol. The molecule has 0 atom stereocenters. The van der Waals surface area contributed by atoms with Crippen molar-refractivity contribution in [3.8, 4) is 0 Å². The van der Waals surface area contributed by atoms with Gasteiger partial charge in [0.05, 0.1) is 26.4 Å². The lowest BCUT2D eigenvalue weighted by molar-refractivity contribution is 0.0565. The minimum Gasteiger partial charge on any atom is -0.379 e. The van der Waals surface area contributed by atoms with Gasteiger partial charge in [0.1, 0.15) is 0 Å². The molecule has 128 valence electrons. The molecule has 0 aliphatic carbocycles. The van der Waals surface area contributed by atoms with Gasteiger partial charge < -0.3 is 14.4 Å². The van der Waals surface area contributed by atoms with Crippen LogP contribution in [-0.2, 0) is 23.1 Å². The maximum absolute atomic E-state index is 11.5. The summed E-state index contributed by atoms with van der Waals surface area (Å²) >= 11 is 0. The van der Waals surface area contributed by atoms with E-state index in [4.69, 9.17) is 18.5 Å². The molecule has 0 amide bonds. The first kappa shape index (κ1) is 21.0. The average molecular weight is 326 g/mol. The fourth-order valence-electron chi connectivity index (χ4n) is 1.57. The quantitative estimate of drug-likeness (QED) is 0.345. The molecule has 0 aromatic heterocycles. The molecular formula is C14H31O6P. The zero-order chi connectivity index (χ0) is 15.8. The Morgan fingerprint density at radius 3 is 1.52 bits per heavy atom. The minimum absolute atomic E-state index is 0.0528. The largest absolute Gasteiger partial charge is 0.472 e. The highest BCUT2D eigenvalue weighted by Gasteiger charge is 2.20.